The number of anilines is 1. The van der Waals surface area contributed by atoms with Crippen molar-refractivity contribution < 1.29 is 4.74 Å². The molecule has 8 heteroatoms. The van der Waals surface area contributed by atoms with Gasteiger partial charge >= 0.3 is 0 Å². The second kappa shape index (κ2) is 4.32. The molecule has 0 saturated carbocycles. The smallest absolute Gasteiger partial charge is 0.188 e. The average molecular weight is 259 g/mol. The van der Waals surface area contributed by atoms with E-state index >= 15 is 0 Å². The van der Waals surface area contributed by atoms with Gasteiger partial charge in [0.05, 0.1) is 17.7 Å². The molecule has 3 N–H and O–H groups in total. The standard InChI is InChI=1S/C11H13N7O/c1-6-3-4-8(14-13-6)18-11-9(10(12)15-16-11)7(17-18)5-19-2/h3-4H,5H2,1-2H3,(H3,12,15,16). The number of nitrogens with zero attached hydrogens (tertiary/aromatic N) is 5. The predicted octanol–water partition coefficient (Wildman–Crippen LogP) is 0.576. The summed E-state index contributed by atoms with van der Waals surface area (Å²) >= 11 is 0. The molecule has 98 valence electrons. The second-order valence-corrected chi connectivity index (χ2v) is 4.16. The highest BCUT2D eigenvalue weighted by molar-refractivity contribution is 5.89. The van der Waals surface area contributed by atoms with E-state index in [4.69, 9.17) is 10.5 Å². The Balaban J connectivity index is 2.21. The van der Waals surface area contributed by atoms with E-state index in [1.165, 1.54) is 0 Å². The number of ether oxygens (including phenoxy) is 1. The molecule has 0 aliphatic heterocycles. The zero-order valence-electron chi connectivity index (χ0n) is 10.6. The van der Waals surface area contributed by atoms with Crippen LogP contribution in [-0.2, 0) is 11.3 Å². The quantitative estimate of drug-likeness (QED) is 0.712. The van der Waals surface area contributed by atoms with Gasteiger partial charge in [0.15, 0.2) is 11.5 Å². The lowest BCUT2D eigenvalue weighted by Gasteiger charge is -1.99. The third-order valence-corrected chi connectivity index (χ3v) is 2.77. The van der Waals surface area contributed by atoms with Crippen LogP contribution in [-0.4, -0.2) is 37.3 Å². The summed E-state index contributed by atoms with van der Waals surface area (Å²) in [6.07, 6.45) is 0. The van der Waals surface area contributed by atoms with Crippen molar-refractivity contribution in [3.8, 4) is 5.82 Å². The zero-order chi connectivity index (χ0) is 13.4. The molecule has 3 aromatic rings. The Morgan fingerprint density at radius 1 is 1.37 bits per heavy atom. The van der Waals surface area contributed by atoms with Crippen molar-refractivity contribution >= 4 is 16.9 Å². The van der Waals surface area contributed by atoms with Gasteiger partial charge in [-0.2, -0.15) is 20.0 Å². The van der Waals surface area contributed by atoms with Gasteiger partial charge in [-0.3, -0.25) is 5.10 Å². The number of rotatable bonds is 3. The molecule has 0 aliphatic carbocycles. The molecule has 0 saturated heterocycles. The largest absolute Gasteiger partial charge is 0.383 e. The predicted molar refractivity (Wildman–Crippen MR) is 68.7 cm³/mol. The molecule has 0 atom stereocenters. The van der Waals surface area contributed by atoms with Crippen molar-refractivity contribution in [2.75, 3.05) is 12.8 Å². The third-order valence-electron chi connectivity index (χ3n) is 2.77. The van der Waals surface area contributed by atoms with E-state index in [2.05, 4.69) is 25.5 Å². The van der Waals surface area contributed by atoms with Gasteiger partial charge in [-0.15, -0.1) is 5.10 Å². The molecule has 0 amide bonds. The number of aromatic amines is 1. The Morgan fingerprint density at radius 2 is 2.21 bits per heavy atom. The van der Waals surface area contributed by atoms with Gasteiger partial charge in [0.1, 0.15) is 11.5 Å². The van der Waals surface area contributed by atoms with Gasteiger partial charge in [-0.1, -0.05) is 0 Å². The van der Waals surface area contributed by atoms with E-state index in [0.717, 1.165) is 11.1 Å². The molecule has 0 aliphatic rings. The minimum atomic E-state index is 0.354. The maximum absolute atomic E-state index is 5.86. The topological polar surface area (TPSA) is 108 Å². The van der Waals surface area contributed by atoms with Crippen molar-refractivity contribution in [1.82, 2.24) is 30.2 Å². The monoisotopic (exact) mass is 259 g/mol. The Morgan fingerprint density at radius 3 is 2.89 bits per heavy atom. The summed E-state index contributed by atoms with van der Waals surface area (Å²) in [5.74, 6) is 1.05. The van der Waals surface area contributed by atoms with Crippen LogP contribution >= 0.6 is 0 Å². The normalized spacial score (nSPS) is 11.3. The first-order valence-electron chi connectivity index (χ1n) is 5.72. The summed E-state index contributed by atoms with van der Waals surface area (Å²) < 4.78 is 6.72. The van der Waals surface area contributed by atoms with Gasteiger partial charge in [0.25, 0.3) is 0 Å². The lowest BCUT2D eigenvalue weighted by Crippen LogP contribution is -2.03. The number of nitrogens with two attached hydrogens (primary N) is 1. The minimum Gasteiger partial charge on any atom is -0.383 e. The molecule has 0 unspecified atom stereocenters. The van der Waals surface area contributed by atoms with E-state index in [1.807, 2.05) is 19.1 Å². The minimum absolute atomic E-state index is 0.354. The number of hydrogen-bond donors (Lipinski definition) is 2. The number of hydrogen-bond acceptors (Lipinski definition) is 6. The first-order chi connectivity index (χ1) is 9.20. The van der Waals surface area contributed by atoms with Crippen LogP contribution in [0, 0.1) is 6.92 Å². The van der Waals surface area contributed by atoms with Crippen LogP contribution in [0.2, 0.25) is 0 Å². The molecule has 19 heavy (non-hydrogen) atoms. The van der Waals surface area contributed by atoms with E-state index in [0.29, 0.717) is 29.6 Å². The second-order valence-electron chi connectivity index (χ2n) is 4.16. The number of fused-ring (bicyclic) bond motifs is 1. The summed E-state index contributed by atoms with van der Waals surface area (Å²) in [7, 11) is 1.60. The van der Waals surface area contributed by atoms with Crippen molar-refractivity contribution in [3.63, 3.8) is 0 Å². The number of aromatic nitrogens is 6. The number of nitrogen functional groups attached to an aromatic ring is 1. The molecule has 0 radical (unpaired) electrons. The van der Waals surface area contributed by atoms with E-state index < -0.39 is 0 Å². The molecule has 8 nitrogen and oxygen atoms in total. The van der Waals surface area contributed by atoms with Crippen molar-refractivity contribution in [3.05, 3.63) is 23.5 Å². The molecule has 0 fully saturated rings. The maximum Gasteiger partial charge on any atom is 0.188 e. The van der Waals surface area contributed by atoms with Crippen LogP contribution in [0.3, 0.4) is 0 Å². The van der Waals surface area contributed by atoms with Crippen molar-refractivity contribution in [2.45, 2.75) is 13.5 Å². The zero-order valence-corrected chi connectivity index (χ0v) is 10.6. The Labute approximate surface area is 108 Å². The first kappa shape index (κ1) is 11.6. The lowest BCUT2D eigenvalue weighted by molar-refractivity contribution is 0.182. The Bertz CT molecular complexity index is 713. The SMILES string of the molecule is COCc1nn(-c2ccc(C)nn2)c2n[nH]c(N)c12. The van der Waals surface area contributed by atoms with Crippen LogP contribution in [0.4, 0.5) is 5.82 Å². The molecule has 3 aromatic heterocycles. The fourth-order valence-electron chi connectivity index (χ4n) is 1.90. The summed E-state index contributed by atoms with van der Waals surface area (Å²) in [5, 5.41) is 20.2. The first-order valence-corrected chi connectivity index (χ1v) is 5.72. The van der Waals surface area contributed by atoms with E-state index in [-0.39, 0.29) is 0 Å². The summed E-state index contributed by atoms with van der Waals surface area (Å²) in [6, 6.07) is 3.69. The highest BCUT2D eigenvalue weighted by Crippen LogP contribution is 2.24. The molecule has 0 aromatic carbocycles. The molecule has 0 spiro atoms. The number of methoxy groups -OCH3 is 1. The fourth-order valence-corrected chi connectivity index (χ4v) is 1.90. The third kappa shape index (κ3) is 1.82. The molecule has 3 heterocycles. The van der Waals surface area contributed by atoms with Gasteiger partial charge in [-0.25, -0.2) is 0 Å². The fraction of sp³-hybridized carbons (Fsp3) is 0.273. The van der Waals surface area contributed by atoms with E-state index in [1.54, 1.807) is 11.8 Å². The van der Waals surface area contributed by atoms with Crippen molar-refractivity contribution in [1.29, 1.82) is 0 Å². The Hall–Kier alpha value is -2.48. The van der Waals surface area contributed by atoms with Crippen LogP contribution in [0.25, 0.3) is 16.9 Å². The average Bonchev–Trinajstić information content (AvgIpc) is 2.94. The van der Waals surface area contributed by atoms with E-state index in [9.17, 15) is 0 Å². The van der Waals surface area contributed by atoms with Crippen LogP contribution in [0.1, 0.15) is 11.4 Å². The van der Waals surface area contributed by atoms with Gasteiger partial charge in [-0.05, 0) is 19.1 Å². The van der Waals surface area contributed by atoms with Crippen LogP contribution in [0.15, 0.2) is 12.1 Å². The summed E-state index contributed by atoms with van der Waals surface area (Å²) in [4.78, 5) is 0. The maximum atomic E-state index is 5.86. The summed E-state index contributed by atoms with van der Waals surface area (Å²) in [6.45, 7) is 2.23. The Kier molecular flexibility index (Phi) is 2.64. The molecule has 0 bridgehead atoms. The highest BCUT2D eigenvalue weighted by Gasteiger charge is 2.18. The van der Waals surface area contributed by atoms with Gasteiger partial charge < -0.3 is 10.5 Å². The van der Waals surface area contributed by atoms with Crippen LogP contribution in [0.5, 0.6) is 0 Å². The van der Waals surface area contributed by atoms with Gasteiger partial charge in [0.2, 0.25) is 0 Å². The number of nitrogens with one attached hydrogen (secondary N) is 1. The van der Waals surface area contributed by atoms with Crippen LogP contribution < -0.4 is 5.73 Å². The molecular weight excluding hydrogens is 246 g/mol. The van der Waals surface area contributed by atoms with Gasteiger partial charge in [0, 0.05) is 7.11 Å². The highest BCUT2D eigenvalue weighted by atomic mass is 16.5. The number of aryl methyl sites for hydroxylation is 1. The molecular formula is C11H13N7O. The summed E-state index contributed by atoms with van der Waals surface area (Å²) in [5.41, 5.74) is 8.03. The lowest BCUT2D eigenvalue weighted by atomic mass is 10.3. The van der Waals surface area contributed by atoms with Crippen molar-refractivity contribution in [2.24, 2.45) is 0 Å². The molecule has 3 rings (SSSR count). The number of H-pyrrole nitrogens is 1.